The molecule has 0 spiro atoms. The van der Waals surface area contributed by atoms with E-state index in [0.29, 0.717) is 13.0 Å². The zero-order chi connectivity index (χ0) is 17.0. The smallest absolute Gasteiger partial charge is 0.329 e. The lowest BCUT2D eigenvalue weighted by Gasteiger charge is -2.23. The number of benzene rings is 1. The monoisotopic (exact) mass is 308 g/mol. The van der Waals surface area contributed by atoms with Crippen LogP contribution in [0.2, 0.25) is 0 Å². The lowest BCUT2D eigenvalue weighted by molar-refractivity contribution is -0.148. The molecule has 1 aromatic carbocycles. The number of ether oxygens (including phenoxy) is 2. The highest BCUT2D eigenvalue weighted by molar-refractivity contribution is 5.68. The Balaban J connectivity index is 0.000000406. The van der Waals surface area contributed by atoms with Crippen LogP contribution in [0.3, 0.4) is 0 Å². The van der Waals surface area contributed by atoms with Crippen LogP contribution in [0.5, 0.6) is 0 Å². The number of carbonyl (C=O) groups is 1. The summed E-state index contributed by atoms with van der Waals surface area (Å²) in [4.78, 5) is 10.2. The van der Waals surface area contributed by atoms with Gasteiger partial charge in [-0.3, -0.25) is 0 Å². The fraction of sp³-hybridized carbons (Fsp3) is 0.500. The van der Waals surface area contributed by atoms with Crippen LogP contribution in [0.25, 0.3) is 6.08 Å². The summed E-state index contributed by atoms with van der Waals surface area (Å²) >= 11 is 0. The molecule has 0 aliphatic rings. The number of rotatable bonds is 8. The van der Waals surface area contributed by atoms with Crippen molar-refractivity contribution in [3.63, 3.8) is 0 Å². The van der Waals surface area contributed by atoms with E-state index >= 15 is 0 Å². The fourth-order valence-corrected chi connectivity index (χ4v) is 1.57. The largest absolute Gasteiger partial charge is 0.480 e. The zero-order valence-corrected chi connectivity index (χ0v) is 14.1. The van der Waals surface area contributed by atoms with Gasteiger partial charge in [-0.1, -0.05) is 43.8 Å². The maximum absolute atomic E-state index is 10.2. The van der Waals surface area contributed by atoms with Gasteiger partial charge in [-0.25, -0.2) is 4.79 Å². The summed E-state index contributed by atoms with van der Waals surface area (Å²) in [7, 11) is 1.60. The number of carboxylic acids is 1. The van der Waals surface area contributed by atoms with E-state index in [0.717, 1.165) is 6.42 Å². The molecule has 0 fully saturated rings. The third-order valence-electron chi connectivity index (χ3n) is 3.12. The minimum atomic E-state index is -0.944. The molecule has 1 aromatic rings. The van der Waals surface area contributed by atoms with Crippen molar-refractivity contribution in [1.82, 2.24) is 0 Å². The van der Waals surface area contributed by atoms with Gasteiger partial charge in [0, 0.05) is 13.7 Å². The summed E-state index contributed by atoms with van der Waals surface area (Å²) in [6.07, 6.45) is 3.66. The normalized spacial score (nSPS) is 10.5. The fourth-order valence-electron chi connectivity index (χ4n) is 1.57. The molecule has 0 saturated heterocycles. The van der Waals surface area contributed by atoms with E-state index < -0.39 is 11.6 Å². The number of hydrogen-bond acceptors (Lipinski definition) is 3. The van der Waals surface area contributed by atoms with Crippen molar-refractivity contribution >= 4 is 12.0 Å². The molecule has 0 aromatic heterocycles. The number of methoxy groups -OCH3 is 1. The van der Waals surface area contributed by atoms with Crippen molar-refractivity contribution in [2.24, 2.45) is 0 Å². The van der Waals surface area contributed by atoms with Crippen LogP contribution in [0.1, 0.15) is 38.3 Å². The van der Waals surface area contributed by atoms with Gasteiger partial charge in [0.25, 0.3) is 0 Å². The summed E-state index contributed by atoms with van der Waals surface area (Å²) in [5.41, 5.74) is 2.15. The predicted octanol–water partition coefficient (Wildman–Crippen LogP) is 3.79. The third-order valence-corrected chi connectivity index (χ3v) is 3.12. The molecule has 4 nitrogen and oxygen atoms in total. The van der Waals surface area contributed by atoms with Crippen molar-refractivity contribution in [3.8, 4) is 0 Å². The quantitative estimate of drug-likeness (QED) is 0.793. The van der Waals surface area contributed by atoms with E-state index in [1.807, 2.05) is 19.9 Å². The average molecular weight is 308 g/mol. The first-order valence-corrected chi connectivity index (χ1v) is 7.40. The van der Waals surface area contributed by atoms with Crippen molar-refractivity contribution < 1.29 is 19.4 Å². The molecular weight excluding hydrogens is 280 g/mol. The first-order valence-electron chi connectivity index (χ1n) is 7.40. The molecule has 0 amide bonds. The maximum atomic E-state index is 10.2. The SMILES string of the molecule is C=Cc1ccc(CC)cc1.COCCC(C)(C)OCC(=O)O. The first-order chi connectivity index (χ1) is 10.3. The van der Waals surface area contributed by atoms with Crippen molar-refractivity contribution in [1.29, 1.82) is 0 Å². The number of hydrogen-bond donors (Lipinski definition) is 1. The van der Waals surface area contributed by atoms with Crippen LogP contribution in [0.15, 0.2) is 30.8 Å². The lowest BCUT2D eigenvalue weighted by Crippen LogP contribution is -2.28. The molecule has 1 rings (SSSR count). The van der Waals surface area contributed by atoms with E-state index in [1.54, 1.807) is 7.11 Å². The van der Waals surface area contributed by atoms with Gasteiger partial charge in [0.1, 0.15) is 6.61 Å². The van der Waals surface area contributed by atoms with Crippen molar-refractivity contribution in [2.45, 2.75) is 39.2 Å². The predicted molar refractivity (Wildman–Crippen MR) is 90.1 cm³/mol. The second-order valence-electron chi connectivity index (χ2n) is 5.48. The molecule has 0 heterocycles. The van der Waals surface area contributed by atoms with Gasteiger partial charge >= 0.3 is 5.97 Å². The van der Waals surface area contributed by atoms with Crippen molar-refractivity contribution in [3.05, 3.63) is 42.0 Å². The third kappa shape index (κ3) is 10.1. The van der Waals surface area contributed by atoms with Crippen LogP contribution in [0.4, 0.5) is 0 Å². The summed E-state index contributed by atoms with van der Waals surface area (Å²) in [6, 6.07) is 8.45. The van der Waals surface area contributed by atoms with Crippen molar-refractivity contribution in [2.75, 3.05) is 20.3 Å². The zero-order valence-electron chi connectivity index (χ0n) is 14.1. The van der Waals surface area contributed by atoms with Gasteiger partial charge in [-0.2, -0.15) is 0 Å². The Bertz CT molecular complexity index is 435. The van der Waals surface area contributed by atoms with Crippen LogP contribution in [0, 0.1) is 0 Å². The van der Waals surface area contributed by atoms with Crippen LogP contribution < -0.4 is 0 Å². The summed E-state index contributed by atoms with van der Waals surface area (Å²) in [5, 5.41) is 8.35. The number of carboxylic acid groups (broad SMARTS) is 1. The average Bonchev–Trinajstić information content (AvgIpc) is 2.52. The van der Waals surface area contributed by atoms with Gasteiger partial charge in [0.2, 0.25) is 0 Å². The first kappa shape index (κ1) is 20.3. The molecule has 22 heavy (non-hydrogen) atoms. The highest BCUT2D eigenvalue weighted by Gasteiger charge is 2.18. The van der Waals surface area contributed by atoms with E-state index in [-0.39, 0.29) is 6.61 Å². The van der Waals surface area contributed by atoms with E-state index in [2.05, 4.69) is 37.8 Å². The van der Waals surface area contributed by atoms with E-state index in [9.17, 15) is 4.79 Å². The molecule has 0 aliphatic heterocycles. The highest BCUT2D eigenvalue weighted by atomic mass is 16.5. The number of aliphatic carboxylic acids is 1. The molecule has 4 heteroatoms. The lowest BCUT2D eigenvalue weighted by atomic mass is 10.1. The van der Waals surface area contributed by atoms with Crippen LogP contribution >= 0.6 is 0 Å². The summed E-state index contributed by atoms with van der Waals surface area (Å²) in [6.45, 7) is 9.85. The molecular formula is C18H28O4. The maximum Gasteiger partial charge on any atom is 0.329 e. The molecule has 0 aliphatic carbocycles. The van der Waals surface area contributed by atoms with E-state index in [4.69, 9.17) is 14.6 Å². The van der Waals surface area contributed by atoms with Gasteiger partial charge in [0.15, 0.2) is 0 Å². The minimum absolute atomic E-state index is 0.253. The summed E-state index contributed by atoms with van der Waals surface area (Å²) in [5.74, 6) is -0.944. The highest BCUT2D eigenvalue weighted by Crippen LogP contribution is 2.13. The van der Waals surface area contributed by atoms with Gasteiger partial charge in [0.05, 0.1) is 5.60 Å². The van der Waals surface area contributed by atoms with Gasteiger partial charge in [-0.05, 0) is 37.8 Å². The molecule has 0 unspecified atom stereocenters. The van der Waals surface area contributed by atoms with E-state index in [1.165, 1.54) is 11.1 Å². The molecule has 0 saturated carbocycles. The Morgan fingerprint density at radius 3 is 2.32 bits per heavy atom. The standard InChI is InChI=1S/C10H12.C8H16O4/c1-3-9-5-7-10(4-2)8-6-9;1-8(2,4-5-11-3)12-6-7(9)10/h3,5-8H,1,4H2,2H3;4-6H2,1-3H3,(H,9,10). The summed E-state index contributed by atoms with van der Waals surface area (Å²) < 4.78 is 9.97. The minimum Gasteiger partial charge on any atom is -0.480 e. The second-order valence-corrected chi connectivity index (χ2v) is 5.48. The van der Waals surface area contributed by atoms with Gasteiger partial charge in [-0.15, -0.1) is 0 Å². The molecule has 1 N–H and O–H groups in total. The Morgan fingerprint density at radius 1 is 1.32 bits per heavy atom. The molecule has 124 valence electrons. The van der Waals surface area contributed by atoms with Gasteiger partial charge < -0.3 is 14.6 Å². The second kappa shape index (κ2) is 11.0. The van der Waals surface area contributed by atoms with Crippen LogP contribution in [-0.2, 0) is 20.7 Å². The van der Waals surface area contributed by atoms with Crippen LogP contribution in [-0.4, -0.2) is 37.0 Å². The molecule has 0 atom stereocenters. The molecule has 0 bridgehead atoms. The number of aryl methyl sites for hydroxylation is 1. The Labute approximate surface area is 133 Å². The Kier molecular flexibility index (Phi) is 10.2. The Morgan fingerprint density at radius 2 is 1.91 bits per heavy atom. The molecule has 0 radical (unpaired) electrons. The Hall–Kier alpha value is -1.65. The topological polar surface area (TPSA) is 55.8 Å².